The molecule has 0 aromatic carbocycles. The molecule has 0 N–H and O–H groups in total. The van der Waals surface area contributed by atoms with Gasteiger partial charge in [-0.2, -0.15) is 0 Å². The maximum atomic E-state index is 11.2. The monoisotopic (exact) mass is 182 g/mol. The first-order chi connectivity index (χ1) is 6.18. The van der Waals surface area contributed by atoms with Crippen molar-refractivity contribution in [3.05, 3.63) is 12.2 Å². The van der Waals surface area contributed by atoms with Crippen LogP contribution in [0.25, 0.3) is 0 Å². The van der Waals surface area contributed by atoms with Gasteiger partial charge in [-0.3, -0.25) is 4.79 Å². The van der Waals surface area contributed by atoms with Gasteiger partial charge in [-0.05, 0) is 25.7 Å². The molecule has 1 aliphatic rings. The van der Waals surface area contributed by atoms with Gasteiger partial charge in [-0.25, -0.2) is 0 Å². The Bertz CT molecular complexity index is 196. The molecule has 0 bridgehead atoms. The molecule has 1 aliphatic heterocycles. The quantitative estimate of drug-likeness (QED) is 0.425. The van der Waals surface area contributed by atoms with Gasteiger partial charge in [0, 0.05) is 12.8 Å². The summed E-state index contributed by atoms with van der Waals surface area (Å²) in [7, 11) is 0. The van der Waals surface area contributed by atoms with Crippen LogP contribution in [0.15, 0.2) is 12.2 Å². The summed E-state index contributed by atoms with van der Waals surface area (Å²) in [5, 5.41) is 0. The van der Waals surface area contributed by atoms with E-state index in [1.807, 2.05) is 6.92 Å². The number of esters is 1. The molecule has 2 atom stereocenters. The minimum Gasteiger partial charge on any atom is -0.462 e. The molecule has 1 heterocycles. The summed E-state index contributed by atoms with van der Waals surface area (Å²) in [4.78, 5) is 11.2. The number of cyclic esters (lactones) is 1. The lowest BCUT2D eigenvalue weighted by Gasteiger charge is -2.14. The van der Waals surface area contributed by atoms with E-state index in [0.29, 0.717) is 12.3 Å². The lowest BCUT2D eigenvalue weighted by atomic mass is 10.0. The van der Waals surface area contributed by atoms with E-state index in [0.717, 1.165) is 19.3 Å². The summed E-state index contributed by atoms with van der Waals surface area (Å²) in [5.74, 6) is 0.549. The third kappa shape index (κ3) is 4.11. The Kier molecular flexibility index (Phi) is 4.00. The molecular weight excluding hydrogens is 164 g/mol. The molecule has 74 valence electrons. The summed E-state index contributed by atoms with van der Waals surface area (Å²) in [6, 6.07) is 0. The summed E-state index contributed by atoms with van der Waals surface area (Å²) >= 11 is 0. The second kappa shape index (κ2) is 5.05. The minimum absolute atomic E-state index is 0.0362. The summed E-state index contributed by atoms with van der Waals surface area (Å²) < 4.78 is 5.17. The van der Waals surface area contributed by atoms with Crippen LogP contribution in [0, 0.1) is 5.92 Å². The Labute approximate surface area is 80.0 Å². The highest BCUT2D eigenvalue weighted by atomic mass is 16.5. The van der Waals surface area contributed by atoms with Gasteiger partial charge in [-0.1, -0.05) is 19.1 Å². The van der Waals surface area contributed by atoms with Crippen LogP contribution in [0.2, 0.25) is 0 Å². The summed E-state index contributed by atoms with van der Waals surface area (Å²) in [5.41, 5.74) is 0. The van der Waals surface area contributed by atoms with Crippen LogP contribution in [-0.2, 0) is 9.53 Å². The van der Waals surface area contributed by atoms with Crippen molar-refractivity contribution in [2.24, 2.45) is 5.92 Å². The van der Waals surface area contributed by atoms with Crippen LogP contribution in [-0.4, -0.2) is 12.1 Å². The largest absolute Gasteiger partial charge is 0.462 e. The van der Waals surface area contributed by atoms with E-state index in [2.05, 4.69) is 19.1 Å². The predicted octanol–water partition coefficient (Wildman–Crippen LogP) is 2.68. The third-order valence-corrected chi connectivity index (χ3v) is 2.31. The first-order valence-corrected chi connectivity index (χ1v) is 5.04. The van der Waals surface area contributed by atoms with E-state index < -0.39 is 0 Å². The molecular formula is C11H18O2. The van der Waals surface area contributed by atoms with Crippen molar-refractivity contribution in [3.8, 4) is 0 Å². The molecule has 0 unspecified atom stereocenters. The number of hydrogen-bond donors (Lipinski definition) is 0. The second-order valence-electron chi connectivity index (χ2n) is 3.83. The number of ether oxygens (including phenoxy) is 1. The van der Waals surface area contributed by atoms with Gasteiger partial charge < -0.3 is 4.74 Å². The van der Waals surface area contributed by atoms with Gasteiger partial charge in [0.25, 0.3) is 0 Å². The van der Waals surface area contributed by atoms with Gasteiger partial charge in [0.05, 0.1) is 0 Å². The summed E-state index contributed by atoms with van der Waals surface area (Å²) in [6.07, 6.45) is 7.81. The lowest BCUT2D eigenvalue weighted by molar-refractivity contribution is -0.148. The van der Waals surface area contributed by atoms with Crippen LogP contribution < -0.4 is 0 Å². The fourth-order valence-corrected chi connectivity index (χ4v) is 1.50. The zero-order chi connectivity index (χ0) is 9.68. The van der Waals surface area contributed by atoms with Gasteiger partial charge in [-0.15, -0.1) is 0 Å². The second-order valence-corrected chi connectivity index (χ2v) is 3.83. The number of carbonyl (C=O) groups excluding carboxylic acids is 1. The molecule has 2 heteroatoms. The maximum absolute atomic E-state index is 11.2. The third-order valence-electron chi connectivity index (χ3n) is 2.31. The minimum atomic E-state index is -0.0463. The maximum Gasteiger partial charge on any atom is 0.306 e. The number of rotatable bonds is 0. The van der Waals surface area contributed by atoms with Crippen molar-refractivity contribution in [2.75, 3.05) is 0 Å². The van der Waals surface area contributed by atoms with Crippen LogP contribution >= 0.6 is 0 Å². The number of allylic oxidation sites excluding steroid dienone is 1. The fraction of sp³-hybridized carbons (Fsp3) is 0.727. The first kappa shape index (κ1) is 10.3. The molecule has 0 aliphatic carbocycles. The Morgan fingerprint density at radius 3 is 3.00 bits per heavy atom. The molecule has 0 amide bonds. The molecule has 13 heavy (non-hydrogen) atoms. The van der Waals surface area contributed by atoms with Crippen LogP contribution in [0.4, 0.5) is 0 Å². The molecule has 0 fully saturated rings. The van der Waals surface area contributed by atoms with E-state index in [1.165, 1.54) is 0 Å². The topological polar surface area (TPSA) is 26.3 Å². The van der Waals surface area contributed by atoms with Crippen molar-refractivity contribution < 1.29 is 9.53 Å². The SMILES string of the molecule is C[C@@H]1/C=C/C[C@@H](C)OC(=O)CCC1. The van der Waals surface area contributed by atoms with Crippen LogP contribution in [0.3, 0.4) is 0 Å². The average molecular weight is 182 g/mol. The van der Waals surface area contributed by atoms with E-state index in [1.54, 1.807) is 0 Å². The van der Waals surface area contributed by atoms with E-state index in [9.17, 15) is 4.79 Å². The van der Waals surface area contributed by atoms with Gasteiger partial charge in [0.2, 0.25) is 0 Å². The molecule has 2 nitrogen and oxygen atoms in total. The number of hydrogen-bond acceptors (Lipinski definition) is 2. The fourth-order valence-electron chi connectivity index (χ4n) is 1.50. The Hall–Kier alpha value is -0.790. The van der Waals surface area contributed by atoms with Crippen LogP contribution in [0.1, 0.15) is 39.5 Å². The highest BCUT2D eigenvalue weighted by Gasteiger charge is 2.10. The van der Waals surface area contributed by atoms with Gasteiger partial charge >= 0.3 is 5.97 Å². The van der Waals surface area contributed by atoms with Crippen molar-refractivity contribution in [1.29, 1.82) is 0 Å². The molecule has 1 rings (SSSR count). The molecule has 0 saturated carbocycles. The normalized spacial score (nSPS) is 33.5. The first-order valence-electron chi connectivity index (χ1n) is 5.04. The molecule has 0 aromatic heterocycles. The van der Waals surface area contributed by atoms with E-state index in [-0.39, 0.29) is 12.1 Å². The predicted molar refractivity (Wildman–Crippen MR) is 52.3 cm³/mol. The molecule has 0 aromatic rings. The average Bonchev–Trinajstić information content (AvgIpc) is 2.03. The standard InChI is InChI=1S/C11H18O2/c1-9-5-3-7-10(2)13-11(12)8-4-6-9/h3,5,9-10H,4,6-8H2,1-2H3/b5-3+/t9-,10-/m1/s1. The Morgan fingerprint density at radius 2 is 2.23 bits per heavy atom. The molecule has 0 radical (unpaired) electrons. The van der Waals surface area contributed by atoms with Crippen molar-refractivity contribution in [2.45, 2.75) is 45.6 Å². The molecule has 0 saturated heterocycles. The van der Waals surface area contributed by atoms with E-state index >= 15 is 0 Å². The zero-order valence-electron chi connectivity index (χ0n) is 8.45. The zero-order valence-corrected chi connectivity index (χ0v) is 8.45. The van der Waals surface area contributed by atoms with Crippen molar-refractivity contribution >= 4 is 5.97 Å². The van der Waals surface area contributed by atoms with Gasteiger partial charge in [0.1, 0.15) is 6.10 Å². The Balaban J connectivity index is 2.50. The van der Waals surface area contributed by atoms with Crippen molar-refractivity contribution in [1.82, 2.24) is 0 Å². The smallest absolute Gasteiger partial charge is 0.306 e. The van der Waals surface area contributed by atoms with E-state index in [4.69, 9.17) is 4.74 Å². The lowest BCUT2D eigenvalue weighted by Crippen LogP contribution is -2.15. The van der Waals surface area contributed by atoms with Crippen LogP contribution in [0.5, 0.6) is 0 Å². The highest BCUT2D eigenvalue weighted by Crippen LogP contribution is 2.13. The highest BCUT2D eigenvalue weighted by molar-refractivity contribution is 5.69. The van der Waals surface area contributed by atoms with Gasteiger partial charge in [0.15, 0.2) is 0 Å². The number of carbonyl (C=O) groups is 1. The molecule has 0 spiro atoms. The Morgan fingerprint density at radius 1 is 1.46 bits per heavy atom. The van der Waals surface area contributed by atoms with Crippen molar-refractivity contribution in [3.63, 3.8) is 0 Å². The summed E-state index contributed by atoms with van der Waals surface area (Å²) in [6.45, 7) is 4.13.